The standard InChI is InChI=1S/C25H26ClFN6O4.C19H22ClFN2O2/c26-16-7-8-19(27)18(11-16)15-5-3-14(4-6-15)10-17(30-24(35)22-13-29-33-32-22)12-21(25(36)37)31-23(34)20-2-1-9-28-20;1-2-25-19(24)18(23)11-15(22)9-12-3-5-13(6-4-12)16-10-14(20)7-8-17(16)21/h3-8,11,13,17,20-21,28H,1-2,9-10,12H2,(H,30,35)(H,31,34)(H,36,37)(H,29,32,33);3-8,10,15,18H,2,9,11,22-23H2,1H3/t17-,20+,21-;15-,18-/m11/s1. The summed E-state index contributed by atoms with van der Waals surface area (Å²) < 4.78 is 33.1. The number of hydrogen-bond acceptors (Lipinski definition) is 10. The van der Waals surface area contributed by atoms with E-state index in [9.17, 15) is 33.1 Å². The zero-order chi connectivity index (χ0) is 44.8. The third-order valence-electron chi connectivity index (χ3n) is 10.0. The first kappa shape index (κ1) is 47.3. The molecular weight excluding hydrogens is 845 g/mol. The lowest BCUT2D eigenvalue weighted by Gasteiger charge is -2.24. The minimum Gasteiger partial charge on any atom is -0.480 e. The summed E-state index contributed by atoms with van der Waals surface area (Å²) in [5.74, 6) is -3.31. The van der Waals surface area contributed by atoms with Crippen LogP contribution in [0.1, 0.15) is 54.2 Å². The summed E-state index contributed by atoms with van der Waals surface area (Å²) in [5.41, 5.74) is 15.8. The van der Waals surface area contributed by atoms with Crippen LogP contribution in [0.15, 0.2) is 91.1 Å². The van der Waals surface area contributed by atoms with E-state index < -0.39 is 47.8 Å². The number of aromatic nitrogens is 3. The summed E-state index contributed by atoms with van der Waals surface area (Å²) in [6.45, 7) is 2.72. The van der Waals surface area contributed by atoms with Crippen molar-refractivity contribution < 1.29 is 37.8 Å². The highest BCUT2D eigenvalue weighted by atomic mass is 35.5. The molecule has 0 bridgehead atoms. The Hall–Kier alpha value is -5.78. The van der Waals surface area contributed by atoms with E-state index >= 15 is 0 Å². The third-order valence-corrected chi connectivity index (χ3v) is 10.5. The van der Waals surface area contributed by atoms with Crippen LogP contribution < -0.4 is 27.4 Å². The number of hydrogen-bond donors (Lipinski definition) is 7. The molecule has 5 atom stereocenters. The molecule has 0 unspecified atom stereocenters. The van der Waals surface area contributed by atoms with Crippen LogP contribution >= 0.6 is 23.2 Å². The molecule has 18 heteroatoms. The summed E-state index contributed by atoms with van der Waals surface area (Å²) in [7, 11) is 0. The Kier molecular flexibility index (Phi) is 17.4. The molecule has 6 rings (SSSR count). The van der Waals surface area contributed by atoms with Gasteiger partial charge < -0.3 is 37.3 Å². The molecule has 1 aliphatic rings. The summed E-state index contributed by atoms with van der Waals surface area (Å²) >= 11 is 11.9. The highest BCUT2D eigenvalue weighted by Gasteiger charge is 2.30. The first-order valence-electron chi connectivity index (χ1n) is 19.9. The van der Waals surface area contributed by atoms with E-state index in [0.717, 1.165) is 23.1 Å². The molecule has 0 aliphatic carbocycles. The number of amides is 2. The first-order valence-corrected chi connectivity index (χ1v) is 20.7. The van der Waals surface area contributed by atoms with Gasteiger partial charge in [0.25, 0.3) is 5.91 Å². The van der Waals surface area contributed by atoms with Gasteiger partial charge >= 0.3 is 11.9 Å². The van der Waals surface area contributed by atoms with Gasteiger partial charge in [-0.25, -0.2) is 13.6 Å². The molecule has 2 amide bonds. The van der Waals surface area contributed by atoms with E-state index in [0.29, 0.717) is 59.1 Å². The van der Waals surface area contributed by atoms with Gasteiger partial charge in [-0.1, -0.05) is 71.7 Å². The van der Waals surface area contributed by atoms with Crippen molar-refractivity contribution in [2.24, 2.45) is 11.5 Å². The molecule has 0 radical (unpaired) electrons. The quantitative estimate of drug-likeness (QED) is 0.0568. The van der Waals surface area contributed by atoms with Gasteiger partial charge in [0.15, 0.2) is 5.69 Å². The molecule has 4 aromatic carbocycles. The molecule has 0 saturated carbocycles. The number of carbonyl (C=O) groups is 4. The van der Waals surface area contributed by atoms with Crippen molar-refractivity contribution >= 4 is 47.0 Å². The summed E-state index contributed by atoms with van der Waals surface area (Å²) in [6.07, 6.45) is 3.80. The summed E-state index contributed by atoms with van der Waals surface area (Å²) in [6, 6.07) is 19.8. The van der Waals surface area contributed by atoms with E-state index in [4.69, 9.17) is 39.4 Å². The Bertz CT molecular complexity index is 2280. The van der Waals surface area contributed by atoms with Gasteiger partial charge in [-0.15, -0.1) is 0 Å². The van der Waals surface area contributed by atoms with Crippen LogP contribution in [0, 0.1) is 11.6 Å². The predicted molar refractivity (Wildman–Crippen MR) is 231 cm³/mol. The number of H-pyrrole nitrogens is 1. The molecule has 1 saturated heterocycles. The molecule has 62 heavy (non-hydrogen) atoms. The van der Waals surface area contributed by atoms with Crippen LogP contribution in [-0.2, 0) is 32.0 Å². The normalized spacial score (nSPS) is 15.3. The van der Waals surface area contributed by atoms with Crippen molar-refractivity contribution in [3.05, 3.63) is 130 Å². The Morgan fingerprint density at radius 3 is 1.94 bits per heavy atom. The summed E-state index contributed by atoms with van der Waals surface area (Å²) in [5, 5.41) is 28.8. The number of ether oxygens (including phenoxy) is 1. The van der Waals surface area contributed by atoms with E-state index in [2.05, 4.69) is 31.4 Å². The average Bonchev–Trinajstić information content (AvgIpc) is 4.00. The molecule has 2 heterocycles. The number of aromatic amines is 1. The van der Waals surface area contributed by atoms with Gasteiger partial charge in [-0.2, -0.15) is 15.4 Å². The monoisotopic (exact) mass is 892 g/mol. The lowest BCUT2D eigenvalue weighted by Crippen LogP contribution is -2.51. The van der Waals surface area contributed by atoms with Gasteiger partial charge in [-0.3, -0.25) is 14.4 Å². The van der Waals surface area contributed by atoms with Crippen LogP contribution in [0.2, 0.25) is 10.0 Å². The van der Waals surface area contributed by atoms with E-state index in [-0.39, 0.29) is 36.3 Å². The fourth-order valence-electron chi connectivity index (χ4n) is 6.87. The Balaban J connectivity index is 0.000000253. The number of rotatable bonds is 17. The van der Waals surface area contributed by atoms with Crippen molar-refractivity contribution in [3.63, 3.8) is 0 Å². The highest BCUT2D eigenvalue weighted by molar-refractivity contribution is 6.31. The van der Waals surface area contributed by atoms with E-state index in [1.54, 1.807) is 37.3 Å². The van der Waals surface area contributed by atoms with Crippen LogP contribution in [0.5, 0.6) is 0 Å². The molecular formula is C44H48Cl2F2N8O6. The number of carboxylic acids is 1. The van der Waals surface area contributed by atoms with Crippen molar-refractivity contribution in [2.45, 2.75) is 75.7 Å². The lowest BCUT2D eigenvalue weighted by molar-refractivity contribution is -0.145. The van der Waals surface area contributed by atoms with Gasteiger partial charge in [-0.05, 0) is 111 Å². The number of carbonyl (C=O) groups excluding carboxylic acids is 3. The number of esters is 1. The van der Waals surface area contributed by atoms with Crippen molar-refractivity contribution in [1.82, 2.24) is 31.4 Å². The maximum absolute atomic E-state index is 14.3. The smallest absolute Gasteiger partial charge is 0.326 e. The Morgan fingerprint density at radius 1 is 0.855 bits per heavy atom. The van der Waals surface area contributed by atoms with Gasteiger partial charge in [0.2, 0.25) is 5.91 Å². The second-order valence-electron chi connectivity index (χ2n) is 14.7. The summed E-state index contributed by atoms with van der Waals surface area (Å²) in [4.78, 5) is 48.7. The molecule has 328 valence electrons. The van der Waals surface area contributed by atoms with Crippen LogP contribution in [-0.4, -0.2) is 87.6 Å². The predicted octanol–water partition coefficient (Wildman–Crippen LogP) is 5.61. The molecule has 1 aromatic heterocycles. The van der Waals surface area contributed by atoms with Gasteiger partial charge in [0, 0.05) is 33.3 Å². The zero-order valence-electron chi connectivity index (χ0n) is 33.8. The van der Waals surface area contributed by atoms with E-state index in [1.807, 2.05) is 24.3 Å². The second kappa shape index (κ2) is 22.9. The molecule has 1 fully saturated rings. The molecule has 1 aliphatic heterocycles. The maximum Gasteiger partial charge on any atom is 0.326 e. The number of aliphatic carboxylic acids is 1. The third kappa shape index (κ3) is 13.9. The lowest BCUT2D eigenvalue weighted by atomic mass is 9.96. The van der Waals surface area contributed by atoms with Crippen LogP contribution in [0.4, 0.5) is 8.78 Å². The number of benzene rings is 4. The molecule has 9 N–H and O–H groups in total. The number of halogens is 4. The number of nitrogens with two attached hydrogens (primary N) is 2. The fraction of sp³-hybridized carbons (Fsp3) is 0.318. The number of nitrogens with zero attached hydrogens (tertiary/aromatic N) is 2. The van der Waals surface area contributed by atoms with Crippen molar-refractivity contribution in [2.75, 3.05) is 13.2 Å². The minimum atomic E-state index is -1.22. The molecule has 0 spiro atoms. The van der Waals surface area contributed by atoms with Crippen LogP contribution in [0.3, 0.4) is 0 Å². The van der Waals surface area contributed by atoms with Crippen molar-refractivity contribution in [1.29, 1.82) is 0 Å². The minimum absolute atomic E-state index is 0.0443. The maximum atomic E-state index is 14.3. The number of nitrogens with one attached hydrogen (secondary N) is 4. The van der Waals surface area contributed by atoms with Gasteiger partial charge in [0.05, 0.1) is 18.8 Å². The largest absolute Gasteiger partial charge is 0.480 e. The Morgan fingerprint density at radius 2 is 1.44 bits per heavy atom. The molecule has 5 aromatic rings. The van der Waals surface area contributed by atoms with Gasteiger partial charge in [0.1, 0.15) is 23.7 Å². The van der Waals surface area contributed by atoms with Crippen molar-refractivity contribution in [3.8, 4) is 22.3 Å². The number of carboxylic acid groups (broad SMARTS) is 1. The zero-order valence-corrected chi connectivity index (χ0v) is 35.3. The highest BCUT2D eigenvalue weighted by Crippen LogP contribution is 2.28. The average molecular weight is 894 g/mol. The SMILES string of the molecule is CCOC(=O)[C@H](N)C[C@H](N)Cc1ccc(-c2cc(Cl)ccc2F)cc1.O=C(N[C@H](Cc1ccc(-c2cc(Cl)ccc2F)cc1)C[C@@H](NC(=O)[C@@H]1CCCN1)C(=O)O)c1cn[nH]n1. The van der Waals surface area contributed by atoms with Crippen LogP contribution in [0.25, 0.3) is 22.3 Å². The Labute approximate surface area is 367 Å². The first-order chi connectivity index (χ1) is 29.7. The molecule has 14 nitrogen and oxygen atoms in total. The topological polar surface area (TPSA) is 227 Å². The fourth-order valence-corrected chi connectivity index (χ4v) is 7.21. The second-order valence-corrected chi connectivity index (χ2v) is 15.6. The van der Waals surface area contributed by atoms with E-state index in [1.165, 1.54) is 36.5 Å².